The first-order valence-corrected chi connectivity index (χ1v) is 15.7. The highest BCUT2D eigenvalue weighted by molar-refractivity contribution is 7.92. The van der Waals surface area contributed by atoms with Gasteiger partial charge in [0.25, 0.3) is 10.0 Å². The van der Waals surface area contributed by atoms with Crippen LogP contribution in [0.15, 0.2) is 77.7 Å². The van der Waals surface area contributed by atoms with E-state index in [-0.39, 0.29) is 46.3 Å². The fourth-order valence-corrected chi connectivity index (χ4v) is 6.77. The Morgan fingerprint density at radius 3 is 2.33 bits per heavy atom. The molecule has 8 nitrogen and oxygen atoms in total. The molecule has 0 aliphatic heterocycles. The fraction of sp³-hybridized carbons (Fsp3) is 0.355. The summed E-state index contributed by atoms with van der Waals surface area (Å²) in [6.45, 7) is 1.13. The standard InChI is InChI=1S/C31H35ClFN3O5S/c1-3-27(31(38)34-25-9-7-8-10-25)35(20-22-13-16-24(33)17-14-22)30(37)21-36(28-19-23(32)15-18-29(28)41-2)42(39,40)26-11-5-4-6-12-26/h4-6,11-19,25,27H,3,7-10,20-21H2,1-2H3,(H,34,38)/t27-/m0/s1. The van der Waals surface area contributed by atoms with Crippen LogP contribution >= 0.6 is 11.6 Å². The molecule has 3 aromatic carbocycles. The second-order valence-electron chi connectivity index (χ2n) is 10.2. The molecule has 0 saturated heterocycles. The summed E-state index contributed by atoms with van der Waals surface area (Å²) in [5.74, 6) is -1.16. The smallest absolute Gasteiger partial charge is 0.264 e. The lowest BCUT2D eigenvalue weighted by atomic mass is 10.1. The van der Waals surface area contributed by atoms with Crippen molar-refractivity contribution in [2.75, 3.05) is 18.0 Å². The minimum Gasteiger partial charge on any atom is -0.495 e. The number of sulfonamides is 1. The van der Waals surface area contributed by atoms with Gasteiger partial charge < -0.3 is 15.0 Å². The molecule has 0 heterocycles. The summed E-state index contributed by atoms with van der Waals surface area (Å²) >= 11 is 6.27. The molecule has 2 amide bonds. The monoisotopic (exact) mass is 615 g/mol. The first-order chi connectivity index (χ1) is 20.1. The molecule has 42 heavy (non-hydrogen) atoms. The van der Waals surface area contributed by atoms with Crippen molar-refractivity contribution in [2.24, 2.45) is 0 Å². The van der Waals surface area contributed by atoms with Crippen LogP contribution < -0.4 is 14.4 Å². The predicted molar refractivity (Wildman–Crippen MR) is 160 cm³/mol. The van der Waals surface area contributed by atoms with Crippen LogP contribution in [0.2, 0.25) is 5.02 Å². The highest BCUT2D eigenvalue weighted by Gasteiger charge is 2.35. The van der Waals surface area contributed by atoms with E-state index in [1.54, 1.807) is 31.2 Å². The minimum atomic E-state index is -4.28. The summed E-state index contributed by atoms with van der Waals surface area (Å²) in [5.41, 5.74) is 0.669. The maximum Gasteiger partial charge on any atom is 0.264 e. The van der Waals surface area contributed by atoms with Crippen molar-refractivity contribution in [2.45, 2.75) is 62.6 Å². The molecule has 0 aromatic heterocycles. The van der Waals surface area contributed by atoms with Crippen molar-refractivity contribution in [3.63, 3.8) is 0 Å². The van der Waals surface area contributed by atoms with Gasteiger partial charge in [0, 0.05) is 17.6 Å². The summed E-state index contributed by atoms with van der Waals surface area (Å²) in [6.07, 6.45) is 4.07. The van der Waals surface area contributed by atoms with Crippen molar-refractivity contribution in [3.05, 3.63) is 89.2 Å². The van der Waals surface area contributed by atoms with Gasteiger partial charge in [-0.2, -0.15) is 0 Å². The maximum atomic E-state index is 14.2. The number of nitrogens with zero attached hydrogens (tertiary/aromatic N) is 2. The van der Waals surface area contributed by atoms with Gasteiger partial charge in [-0.05, 0) is 67.3 Å². The van der Waals surface area contributed by atoms with Crippen molar-refractivity contribution in [3.8, 4) is 5.75 Å². The van der Waals surface area contributed by atoms with E-state index in [0.717, 1.165) is 30.0 Å². The Bertz CT molecular complexity index is 1480. The van der Waals surface area contributed by atoms with Crippen LogP contribution in [0.25, 0.3) is 0 Å². The third-order valence-electron chi connectivity index (χ3n) is 7.37. The molecule has 0 bridgehead atoms. The largest absolute Gasteiger partial charge is 0.495 e. The number of halogens is 2. The molecule has 1 aliphatic rings. The minimum absolute atomic E-state index is 0.0262. The van der Waals surface area contributed by atoms with E-state index >= 15 is 0 Å². The highest BCUT2D eigenvalue weighted by atomic mass is 35.5. The Morgan fingerprint density at radius 2 is 1.71 bits per heavy atom. The number of nitrogens with one attached hydrogen (secondary N) is 1. The summed E-state index contributed by atoms with van der Waals surface area (Å²) in [4.78, 5) is 29.0. The number of rotatable bonds is 12. The average molecular weight is 616 g/mol. The molecule has 1 aliphatic carbocycles. The van der Waals surface area contributed by atoms with Crippen LogP contribution in [0.4, 0.5) is 10.1 Å². The van der Waals surface area contributed by atoms with Gasteiger partial charge in [-0.1, -0.05) is 61.7 Å². The molecule has 1 saturated carbocycles. The number of benzene rings is 3. The molecule has 224 valence electrons. The lowest BCUT2D eigenvalue weighted by Crippen LogP contribution is -2.53. The maximum absolute atomic E-state index is 14.2. The average Bonchev–Trinajstić information content (AvgIpc) is 3.50. The van der Waals surface area contributed by atoms with Crippen LogP contribution in [-0.2, 0) is 26.2 Å². The first-order valence-electron chi connectivity index (χ1n) is 13.9. The molecular formula is C31H35ClFN3O5S. The van der Waals surface area contributed by atoms with Crippen LogP contribution in [0.5, 0.6) is 5.75 Å². The normalized spacial score (nSPS) is 14.3. The van der Waals surface area contributed by atoms with E-state index in [0.29, 0.717) is 5.56 Å². The van der Waals surface area contributed by atoms with E-state index in [2.05, 4.69) is 5.32 Å². The fourth-order valence-electron chi connectivity index (χ4n) is 5.16. The van der Waals surface area contributed by atoms with E-state index in [9.17, 15) is 22.4 Å². The lowest BCUT2D eigenvalue weighted by molar-refractivity contribution is -0.140. The molecular weight excluding hydrogens is 581 g/mol. The van der Waals surface area contributed by atoms with Gasteiger partial charge in [0.05, 0.1) is 17.7 Å². The van der Waals surface area contributed by atoms with E-state index in [1.807, 2.05) is 0 Å². The van der Waals surface area contributed by atoms with Gasteiger partial charge in [-0.3, -0.25) is 13.9 Å². The lowest BCUT2D eigenvalue weighted by Gasteiger charge is -2.34. The summed E-state index contributed by atoms with van der Waals surface area (Å²) in [7, 11) is -2.89. The molecule has 3 aromatic rings. The second kappa shape index (κ2) is 14.0. The van der Waals surface area contributed by atoms with Crippen molar-refractivity contribution < 1.29 is 27.1 Å². The number of carbonyl (C=O) groups is 2. The van der Waals surface area contributed by atoms with Gasteiger partial charge in [0.15, 0.2) is 0 Å². The van der Waals surface area contributed by atoms with Gasteiger partial charge in [0.1, 0.15) is 24.2 Å². The molecule has 11 heteroatoms. The molecule has 1 fully saturated rings. The quantitative estimate of drug-likeness (QED) is 0.288. The number of hydrogen-bond donors (Lipinski definition) is 1. The summed E-state index contributed by atoms with van der Waals surface area (Å²) in [6, 6.07) is 17.0. The Labute approximate surface area is 251 Å². The van der Waals surface area contributed by atoms with Crippen LogP contribution in [0, 0.1) is 5.82 Å². The topological polar surface area (TPSA) is 96.0 Å². The van der Waals surface area contributed by atoms with Crippen molar-refractivity contribution in [1.29, 1.82) is 0 Å². The Balaban J connectivity index is 1.75. The van der Waals surface area contributed by atoms with Gasteiger partial charge in [-0.25, -0.2) is 12.8 Å². The second-order valence-corrected chi connectivity index (χ2v) is 12.5. The number of carbonyl (C=O) groups excluding carboxylic acids is 2. The van der Waals surface area contributed by atoms with Gasteiger partial charge >= 0.3 is 0 Å². The molecule has 0 unspecified atom stereocenters. The molecule has 1 atom stereocenters. The van der Waals surface area contributed by atoms with E-state index < -0.39 is 34.3 Å². The van der Waals surface area contributed by atoms with Crippen LogP contribution in [-0.4, -0.2) is 50.9 Å². The number of amides is 2. The molecule has 0 radical (unpaired) electrons. The predicted octanol–water partition coefficient (Wildman–Crippen LogP) is 5.55. The van der Waals surface area contributed by atoms with Crippen LogP contribution in [0.3, 0.4) is 0 Å². The number of hydrogen-bond acceptors (Lipinski definition) is 5. The summed E-state index contributed by atoms with van der Waals surface area (Å²) in [5, 5.41) is 3.31. The Hall–Kier alpha value is -3.63. The zero-order chi connectivity index (χ0) is 30.3. The SMILES string of the molecule is CC[C@@H](C(=O)NC1CCCC1)N(Cc1ccc(F)cc1)C(=O)CN(c1cc(Cl)ccc1OC)S(=O)(=O)c1ccccc1. The number of ether oxygens (including phenoxy) is 1. The zero-order valence-corrected chi connectivity index (χ0v) is 25.2. The third kappa shape index (κ3) is 7.41. The summed E-state index contributed by atoms with van der Waals surface area (Å²) < 4.78 is 48.1. The highest BCUT2D eigenvalue weighted by Crippen LogP contribution is 2.35. The first kappa shape index (κ1) is 31.3. The van der Waals surface area contributed by atoms with E-state index in [4.69, 9.17) is 16.3 Å². The molecule has 0 spiro atoms. The van der Waals surface area contributed by atoms with Gasteiger partial charge in [-0.15, -0.1) is 0 Å². The third-order valence-corrected chi connectivity index (χ3v) is 9.38. The van der Waals surface area contributed by atoms with Crippen LogP contribution in [0.1, 0.15) is 44.6 Å². The Kier molecular flexibility index (Phi) is 10.5. The number of anilines is 1. The Morgan fingerprint density at radius 1 is 1.05 bits per heavy atom. The molecule has 1 N–H and O–H groups in total. The van der Waals surface area contributed by atoms with Crippen molar-refractivity contribution in [1.82, 2.24) is 10.2 Å². The van der Waals surface area contributed by atoms with Gasteiger partial charge in [0.2, 0.25) is 11.8 Å². The zero-order valence-electron chi connectivity index (χ0n) is 23.6. The van der Waals surface area contributed by atoms with E-state index in [1.165, 1.54) is 60.5 Å². The number of methoxy groups -OCH3 is 1. The molecule has 4 rings (SSSR count). The van der Waals surface area contributed by atoms with Crippen molar-refractivity contribution >= 4 is 39.1 Å².